The van der Waals surface area contributed by atoms with E-state index < -0.39 is 6.04 Å². The van der Waals surface area contributed by atoms with Gasteiger partial charge in [0.1, 0.15) is 11.7 Å². The van der Waals surface area contributed by atoms with Gasteiger partial charge in [0.2, 0.25) is 5.91 Å². The normalized spacial score (nSPS) is 17.2. The lowest BCUT2D eigenvalue weighted by Crippen LogP contribution is -2.46. The number of likely N-dealkylation sites (N-methyl/N-ethyl adjacent to an activating group) is 1. The number of fused-ring (bicyclic) bond motifs is 1. The first-order chi connectivity index (χ1) is 17.5. The average molecular weight is 488 g/mol. The van der Waals surface area contributed by atoms with Crippen LogP contribution in [0, 0.1) is 12.8 Å². The number of hydrogen-bond donors (Lipinski definition) is 3. The first-order valence-corrected chi connectivity index (χ1v) is 13.2. The SMILES string of the molecule is Cc1c(C(=O)NC(CCC2CC2)C(=O)NCc2cccc(N3CCN(C)CC3)c2)[nH]c2ccccc12. The number of carbonyl (C=O) groups is 2. The van der Waals surface area contributed by atoms with E-state index in [1.807, 2.05) is 37.3 Å². The summed E-state index contributed by atoms with van der Waals surface area (Å²) in [5.41, 5.74) is 4.63. The predicted molar refractivity (Wildman–Crippen MR) is 144 cm³/mol. The molecule has 0 spiro atoms. The summed E-state index contributed by atoms with van der Waals surface area (Å²) in [7, 11) is 2.15. The standard InChI is InChI=1S/C29H37N5O2/c1-20-24-8-3-4-9-25(24)31-27(20)29(36)32-26(13-12-21-10-11-21)28(35)30-19-22-6-5-7-23(18-22)34-16-14-33(2)15-17-34/h3-9,18,21,26,31H,10-17,19H2,1-2H3,(H,30,35)(H,32,36). The van der Waals surface area contributed by atoms with E-state index in [-0.39, 0.29) is 11.8 Å². The molecule has 1 unspecified atom stereocenters. The number of rotatable bonds is 9. The number of piperazine rings is 1. The number of hydrogen-bond acceptors (Lipinski definition) is 4. The topological polar surface area (TPSA) is 80.5 Å². The molecular formula is C29H37N5O2. The third-order valence-corrected chi connectivity index (χ3v) is 7.62. The maximum absolute atomic E-state index is 13.2. The Morgan fingerprint density at radius 3 is 2.58 bits per heavy atom. The Kier molecular flexibility index (Phi) is 7.28. The molecule has 190 valence electrons. The highest BCUT2D eigenvalue weighted by Gasteiger charge is 2.28. The molecule has 1 saturated carbocycles. The zero-order valence-corrected chi connectivity index (χ0v) is 21.3. The molecule has 2 aromatic carbocycles. The molecule has 0 radical (unpaired) electrons. The number of nitrogens with one attached hydrogen (secondary N) is 3. The van der Waals surface area contributed by atoms with Crippen LogP contribution < -0.4 is 15.5 Å². The summed E-state index contributed by atoms with van der Waals surface area (Å²) in [6, 6.07) is 15.7. The summed E-state index contributed by atoms with van der Waals surface area (Å²) in [5.74, 6) is 0.340. The number of aromatic nitrogens is 1. The molecular weight excluding hydrogens is 450 g/mol. The van der Waals surface area contributed by atoms with Crippen molar-refractivity contribution in [3.8, 4) is 0 Å². The molecule has 3 N–H and O–H groups in total. The van der Waals surface area contributed by atoms with E-state index in [0.717, 1.165) is 54.6 Å². The highest BCUT2D eigenvalue weighted by atomic mass is 16.2. The fraction of sp³-hybridized carbons (Fsp3) is 0.448. The molecule has 1 aromatic heterocycles. The second-order valence-corrected chi connectivity index (χ2v) is 10.4. The quantitative estimate of drug-likeness (QED) is 0.429. The Morgan fingerprint density at radius 2 is 1.83 bits per heavy atom. The molecule has 3 aromatic rings. The molecule has 36 heavy (non-hydrogen) atoms. The van der Waals surface area contributed by atoms with Gasteiger partial charge in [0.05, 0.1) is 0 Å². The molecule has 7 heteroatoms. The number of nitrogens with zero attached hydrogens (tertiary/aromatic N) is 2. The third kappa shape index (κ3) is 5.73. The van der Waals surface area contributed by atoms with Crippen LogP contribution in [-0.2, 0) is 11.3 Å². The smallest absolute Gasteiger partial charge is 0.268 e. The number of H-pyrrole nitrogens is 1. The van der Waals surface area contributed by atoms with Crippen LogP contribution in [0.25, 0.3) is 10.9 Å². The van der Waals surface area contributed by atoms with Crippen molar-refractivity contribution in [3.63, 3.8) is 0 Å². The van der Waals surface area contributed by atoms with E-state index in [1.54, 1.807) is 0 Å². The van der Waals surface area contributed by atoms with Crippen molar-refractivity contribution in [2.75, 3.05) is 38.1 Å². The first-order valence-electron chi connectivity index (χ1n) is 13.2. The van der Waals surface area contributed by atoms with Crippen LogP contribution in [0.2, 0.25) is 0 Å². The lowest BCUT2D eigenvalue weighted by molar-refractivity contribution is -0.123. The maximum Gasteiger partial charge on any atom is 0.268 e. The molecule has 1 saturated heterocycles. The Bertz CT molecular complexity index is 1220. The number of aryl methyl sites for hydroxylation is 1. The van der Waals surface area contributed by atoms with Gasteiger partial charge in [-0.15, -0.1) is 0 Å². The van der Waals surface area contributed by atoms with Gasteiger partial charge in [0, 0.05) is 49.3 Å². The van der Waals surface area contributed by atoms with Crippen LogP contribution in [-0.4, -0.2) is 61.0 Å². The fourth-order valence-corrected chi connectivity index (χ4v) is 5.06. The summed E-state index contributed by atoms with van der Waals surface area (Å²) < 4.78 is 0. The number of para-hydroxylation sites is 1. The maximum atomic E-state index is 13.2. The highest BCUT2D eigenvalue weighted by molar-refractivity contribution is 6.02. The van der Waals surface area contributed by atoms with Crippen LogP contribution in [0.5, 0.6) is 0 Å². The monoisotopic (exact) mass is 487 g/mol. The van der Waals surface area contributed by atoms with Crippen LogP contribution >= 0.6 is 0 Å². The number of anilines is 1. The van der Waals surface area contributed by atoms with Crippen molar-refractivity contribution in [2.24, 2.45) is 5.92 Å². The van der Waals surface area contributed by atoms with Gasteiger partial charge in [-0.2, -0.15) is 0 Å². The van der Waals surface area contributed by atoms with Gasteiger partial charge < -0.3 is 25.4 Å². The van der Waals surface area contributed by atoms with Gasteiger partial charge in [-0.25, -0.2) is 0 Å². The van der Waals surface area contributed by atoms with E-state index in [9.17, 15) is 9.59 Å². The Balaban J connectivity index is 1.23. The summed E-state index contributed by atoms with van der Waals surface area (Å²) in [5, 5.41) is 7.14. The Labute approximate surface area is 213 Å². The summed E-state index contributed by atoms with van der Waals surface area (Å²) in [6.45, 7) is 6.52. The van der Waals surface area contributed by atoms with E-state index in [2.05, 4.69) is 50.7 Å². The van der Waals surface area contributed by atoms with Crippen molar-refractivity contribution in [1.82, 2.24) is 20.5 Å². The minimum absolute atomic E-state index is 0.122. The summed E-state index contributed by atoms with van der Waals surface area (Å²) >= 11 is 0. The Morgan fingerprint density at radius 1 is 1.06 bits per heavy atom. The molecule has 5 rings (SSSR count). The zero-order chi connectivity index (χ0) is 25.1. The molecule has 7 nitrogen and oxygen atoms in total. The van der Waals surface area contributed by atoms with Crippen LogP contribution in [0.4, 0.5) is 5.69 Å². The second-order valence-electron chi connectivity index (χ2n) is 10.4. The van der Waals surface area contributed by atoms with Gasteiger partial charge in [0.25, 0.3) is 5.91 Å². The number of carbonyl (C=O) groups excluding carboxylic acids is 2. The van der Waals surface area contributed by atoms with Crippen molar-refractivity contribution >= 4 is 28.4 Å². The second kappa shape index (κ2) is 10.7. The van der Waals surface area contributed by atoms with Gasteiger partial charge >= 0.3 is 0 Å². The molecule has 1 aliphatic heterocycles. The summed E-state index contributed by atoms with van der Waals surface area (Å²) in [4.78, 5) is 34.4. The molecule has 2 heterocycles. The minimum Gasteiger partial charge on any atom is -0.369 e. The molecule has 2 aliphatic rings. The van der Waals surface area contributed by atoms with Gasteiger partial charge in [0.15, 0.2) is 0 Å². The van der Waals surface area contributed by atoms with E-state index in [1.165, 1.54) is 18.5 Å². The van der Waals surface area contributed by atoms with Crippen LogP contribution in [0.1, 0.15) is 47.3 Å². The van der Waals surface area contributed by atoms with Crippen molar-refractivity contribution in [2.45, 2.75) is 45.2 Å². The van der Waals surface area contributed by atoms with Gasteiger partial charge in [-0.1, -0.05) is 43.2 Å². The van der Waals surface area contributed by atoms with E-state index in [0.29, 0.717) is 24.6 Å². The third-order valence-electron chi connectivity index (χ3n) is 7.62. The number of benzene rings is 2. The molecule has 2 amide bonds. The predicted octanol–water partition coefficient (Wildman–Crippen LogP) is 3.83. The van der Waals surface area contributed by atoms with Crippen LogP contribution in [0.3, 0.4) is 0 Å². The average Bonchev–Trinajstić information content (AvgIpc) is 3.67. The van der Waals surface area contributed by atoms with E-state index >= 15 is 0 Å². The minimum atomic E-state index is -0.551. The van der Waals surface area contributed by atoms with Crippen molar-refractivity contribution in [3.05, 3.63) is 65.4 Å². The first kappa shape index (κ1) is 24.4. The van der Waals surface area contributed by atoms with Gasteiger partial charge in [-0.05, 0) is 62.1 Å². The number of aromatic amines is 1. The van der Waals surface area contributed by atoms with Crippen molar-refractivity contribution < 1.29 is 9.59 Å². The lowest BCUT2D eigenvalue weighted by Gasteiger charge is -2.34. The fourth-order valence-electron chi connectivity index (χ4n) is 5.06. The highest BCUT2D eigenvalue weighted by Crippen LogP contribution is 2.34. The van der Waals surface area contributed by atoms with E-state index in [4.69, 9.17) is 0 Å². The zero-order valence-electron chi connectivity index (χ0n) is 21.3. The number of amides is 2. The Hall–Kier alpha value is -3.32. The lowest BCUT2D eigenvalue weighted by atomic mass is 10.1. The molecule has 1 aliphatic carbocycles. The summed E-state index contributed by atoms with van der Waals surface area (Å²) in [6.07, 6.45) is 4.07. The van der Waals surface area contributed by atoms with Crippen molar-refractivity contribution in [1.29, 1.82) is 0 Å². The van der Waals surface area contributed by atoms with Gasteiger partial charge in [-0.3, -0.25) is 9.59 Å². The molecule has 0 bridgehead atoms. The molecule has 2 fully saturated rings. The molecule has 1 atom stereocenters. The van der Waals surface area contributed by atoms with Crippen LogP contribution in [0.15, 0.2) is 48.5 Å². The largest absolute Gasteiger partial charge is 0.369 e.